The van der Waals surface area contributed by atoms with Crippen LogP contribution in [0.4, 0.5) is 0 Å². The number of hydrogen-bond donors (Lipinski definition) is 1. The summed E-state index contributed by atoms with van der Waals surface area (Å²) in [6, 6.07) is 4.24. The Kier molecular flexibility index (Phi) is 5.12. The van der Waals surface area contributed by atoms with E-state index in [4.69, 9.17) is 0 Å². The number of pyridine rings is 1. The molecule has 0 radical (unpaired) electrons. The molecule has 1 aliphatic heterocycles. The van der Waals surface area contributed by atoms with E-state index < -0.39 is 0 Å². The molecule has 1 aromatic heterocycles. The first kappa shape index (κ1) is 15.0. The number of hydrogen-bond acceptors (Lipinski definition) is 3. The van der Waals surface area contributed by atoms with Crippen LogP contribution in [0.3, 0.4) is 0 Å². The molecule has 2 atom stereocenters. The lowest BCUT2D eigenvalue weighted by atomic mass is 9.93. The maximum atomic E-state index is 12.6. The Morgan fingerprint density at radius 3 is 3.00 bits per heavy atom. The van der Waals surface area contributed by atoms with Crippen LogP contribution in [0, 0.1) is 12.8 Å². The monoisotopic (exact) mass is 275 g/mol. The second-order valence-corrected chi connectivity index (χ2v) is 5.71. The number of aromatic nitrogens is 1. The third-order valence-electron chi connectivity index (χ3n) is 4.09. The predicted molar refractivity (Wildman–Crippen MR) is 80.7 cm³/mol. The first-order valence-electron chi connectivity index (χ1n) is 7.57. The number of carbonyl (C=O) groups excluding carboxylic acids is 1. The molecular weight excluding hydrogens is 250 g/mol. The normalized spacial score (nSPS) is 22.9. The first-order valence-corrected chi connectivity index (χ1v) is 7.57. The lowest BCUT2D eigenvalue weighted by Crippen LogP contribution is -2.50. The Hall–Kier alpha value is -1.42. The first-order chi connectivity index (χ1) is 9.63. The summed E-state index contributed by atoms with van der Waals surface area (Å²) in [5, 5.41) is 3.58. The summed E-state index contributed by atoms with van der Waals surface area (Å²) in [6.45, 7) is 9.02. The summed E-state index contributed by atoms with van der Waals surface area (Å²) < 4.78 is 0. The lowest BCUT2D eigenvalue weighted by molar-refractivity contribution is 0.0644. The van der Waals surface area contributed by atoms with E-state index in [9.17, 15) is 4.79 Å². The van der Waals surface area contributed by atoms with Crippen molar-refractivity contribution < 1.29 is 4.79 Å². The van der Waals surface area contributed by atoms with E-state index in [1.807, 2.05) is 24.0 Å². The van der Waals surface area contributed by atoms with Crippen molar-refractivity contribution in [3.63, 3.8) is 0 Å². The smallest absolute Gasteiger partial charge is 0.255 e. The summed E-state index contributed by atoms with van der Waals surface area (Å²) in [6.07, 6.45) is 3.92. The molecule has 2 unspecified atom stereocenters. The Morgan fingerprint density at radius 2 is 2.35 bits per heavy atom. The minimum atomic E-state index is 0.122. The molecule has 1 aromatic rings. The summed E-state index contributed by atoms with van der Waals surface area (Å²) >= 11 is 0. The van der Waals surface area contributed by atoms with Crippen LogP contribution in [0.15, 0.2) is 18.3 Å². The van der Waals surface area contributed by atoms with Crippen LogP contribution >= 0.6 is 0 Å². The second kappa shape index (κ2) is 6.84. The molecule has 1 aliphatic rings. The van der Waals surface area contributed by atoms with Gasteiger partial charge in [-0.1, -0.05) is 13.8 Å². The molecule has 0 saturated carbocycles. The number of rotatable bonds is 4. The van der Waals surface area contributed by atoms with Crippen LogP contribution in [-0.4, -0.2) is 41.5 Å². The zero-order valence-electron chi connectivity index (χ0n) is 12.7. The van der Waals surface area contributed by atoms with Crippen molar-refractivity contribution in [2.45, 2.75) is 39.7 Å². The van der Waals surface area contributed by atoms with Gasteiger partial charge in [-0.2, -0.15) is 0 Å². The summed E-state index contributed by atoms with van der Waals surface area (Å²) in [5.74, 6) is 0.618. The highest BCUT2D eigenvalue weighted by Crippen LogP contribution is 2.19. The van der Waals surface area contributed by atoms with Gasteiger partial charge in [0.1, 0.15) is 0 Å². The SMILES string of the molecule is CCCNC1CCN(C(=O)c2cccnc2C)CC1C. The van der Waals surface area contributed by atoms with Gasteiger partial charge in [-0.3, -0.25) is 9.78 Å². The maximum absolute atomic E-state index is 12.6. The van der Waals surface area contributed by atoms with E-state index >= 15 is 0 Å². The van der Waals surface area contributed by atoms with Gasteiger partial charge in [0.05, 0.1) is 5.56 Å². The molecule has 0 bridgehead atoms. The van der Waals surface area contributed by atoms with Crippen molar-refractivity contribution in [2.75, 3.05) is 19.6 Å². The number of piperidine rings is 1. The van der Waals surface area contributed by atoms with Crippen LogP contribution in [0.2, 0.25) is 0 Å². The van der Waals surface area contributed by atoms with E-state index in [0.29, 0.717) is 12.0 Å². The van der Waals surface area contributed by atoms with Crippen molar-refractivity contribution in [2.24, 2.45) is 5.92 Å². The van der Waals surface area contributed by atoms with Gasteiger partial charge < -0.3 is 10.2 Å². The second-order valence-electron chi connectivity index (χ2n) is 5.71. The standard InChI is InChI=1S/C16H25N3O/c1-4-8-18-15-7-10-19(11-12(15)2)16(20)14-6-5-9-17-13(14)3/h5-6,9,12,15,18H,4,7-8,10-11H2,1-3H3. The highest BCUT2D eigenvalue weighted by Gasteiger charge is 2.29. The molecule has 4 nitrogen and oxygen atoms in total. The molecule has 1 fully saturated rings. The highest BCUT2D eigenvalue weighted by atomic mass is 16.2. The number of carbonyl (C=O) groups is 1. The minimum absolute atomic E-state index is 0.122. The number of aryl methyl sites for hydroxylation is 1. The Morgan fingerprint density at radius 1 is 1.55 bits per heavy atom. The van der Waals surface area contributed by atoms with Gasteiger partial charge in [0.15, 0.2) is 0 Å². The Balaban J connectivity index is 1.99. The van der Waals surface area contributed by atoms with Crippen LogP contribution in [-0.2, 0) is 0 Å². The van der Waals surface area contributed by atoms with Gasteiger partial charge in [-0.25, -0.2) is 0 Å². The van der Waals surface area contributed by atoms with Crippen LogP contribution in [0.25, 0.3) is 0 Å². The maximum Gasteiger partial charge on any atom is 0.255 e. The zero-order chi connectivity index (χ0) is 14.5. The fourth-order valence-electron chi connectivity index (χ4n) is 2.84. The van der Waals surface area contributed by atoms with Crippen molar-refractivity contribution in [3.05, 3.63) is 29.6 Å². The summed E-state index contributed by atoms with van der Waals surface area (Å²) in [5.41, 5.74) is 1.55. The molecule has 2 heterocycles. The van der Waals surface area contributed by atoms with Gasteiger partial charge in [0.2, 0.25) is 0 Å². The fourth-order valence-corrected chi connectivity index (χ4v) is 2.84. The van der Waals surface area contributed by atoms with Crippen molar-refractivity contribution in [3.8, 4) is 0 Å². The van der Waals surface area contributed by atoms with Crippen LogP contribution < -0.4 is 5.32 Å². The number of nitrogens with one attached hydrogen (secondary N) is 1. The van der Waals surface area contributed by atoms with E-state index in [1.54, 1.807) is 6.20 Å². The third kappa shape index (κ3) is 3.37. The van der Waals surface area contributed by atoms with E-state index in [0.717, 1.165) is 43.7 Å². The molecule has 0 aromatic carbocycles. The van der Waals surface area contributed by atoms with E-state index in [1.165, 1.54) is 0 Å². The van der Waals surface area contributed by atoms with Gasteiger partial charge >= 0.3 is 0 Å². The number of nitrogens with zero attached hydrogens (tertiary/aromatic N) is 2. The van der Waals surface area contributed by atoms with Crippen LogP contribution in [0.1, 0.15) is 42.7 Å². The molecule has 1 saturated heterocycles. The van der Waals surface area contributed by atoms with E-state index in [2.05, 4.69) is 24.1 Å². The van der Waals surface area contributed by atoms with Gasteiger partial charge in [-0.05, 0) is 44.4 Å². The predicted octanol–water partition coefficient (Wildman–Crippen LogP) is 2.24. The third-order valence-corrected chi connectivity index (χ3v) is 4.09. The average molecular weight is 275 g/mol. The van der Waals surface area contributed by atoms with Crippen molar-refractivity contribution in [1.82, 2.24) is 15.2 Å². The molecule has 0 spiro atoms. The van der Waals surface area contributed by atoms with Gasteiger partial charge in [0, 0.05) is 31.0 Å². The molecule has 4 heteroatoms. The fraction of sp³-hybridized carbons (Fsp3) is 0.625. The summed E-state index contributed by atoms with van der Waals surface area (Å²) in [7, 11) is 0. The molecule has 1 amide bonds. The molecular formula is C16H25N3O. The lowest BCUT2D eigenvalue weighted by Gasteiger charge is -2.37. The van der Waals surface area contributed by atoms with Crippen molar-refractivity contribution in [1.29, 1.82) is 0 Å². The van der Waals surface area contributed by atoms with Crippen LogP contribution in [0.5, 0.6) is 0 Å². The molecule has 20 heavy (non-hydrogen) atoms. The largest absolute Gasteiger partial charge is 0.338 e. The Labute approximate surface area is 121 Å². The van der Waals surface area contributed by atoms with Gasteiger partial charge in [0.25, 0.3) is 5.91 Å². The number of likely N-dealkylation sites (tertiary alicyclic amines) is 1. The summed E-state index contributed by atoms with van der Waals surface area (Å²) in [4.78, 5) is 18.7. The minimum Gasteiger partial charge on any atom is -0.338 e. The molecule has 110 valence electrons. The quantitative estimate of drug-likeness (QED) is 0.916. The molecule has 1 N–H and O–H groups in total. The number of amides is 1. The topological polar surface area (TPSA) is 45.2 Å². The Bertz CT molecular complexity index is 461. The van der Waals surface area contributed by atoms with Gasteiger partial charge in [-0.15, -0.1) is 0 Å². The molecule has 2 rings (SSSR count). The highest BCUT2D eigenvalue weighted by molar-refractivity contribution is 5.95. The zero-order valence-corrected chi connectivity index (χ0v) is 12.7. The average Bonchev–Trinajstić information content (AvgIpc) is 2.46. The molecule has 0 aliphatic carbocycles. The van der Waals surface area contributed by atoms with E-state index in [-0.39, 0.29) is 5.91 Å². The van der Waals surface area contributed by atoms with Crippen molar-refractivity contribution >= 4 is 5.91 Å².